The van der Waals surface area contributed by atoms with Gasteiger partial charge < -0.3 is 0 Å². The minimum absolute atomic E-state index is 0.814. The molecule has 2 heteroatoms. The lowest BCUT2D eigenvalue weighted by Crippen LogP contribution is -1.90. The van der Waals surface area contributed by atoms with Gasteiger partial charge in [-0.1, -0.05) is 17.9 Å². The standard InChI is InChI=1S/C9H17PS/c1-2-3-4-7-10(11)8-5-6-9-10/h2H,1,3-9H2. The molecule has 0 N–H and O–H groups in total. The lowest BCUT2D eigenvalue weighted by molar-refractivity contribution is 0.949. The van der Waals surface area contributed by atoms with Crippen LogP contribution in [0.2, 0.25) is 0 Å². The fraction of sp³-hybridized carbons (Fsp3) is 0.778. The van der Waals surface area contributed by atoms with E-state index < -0.39 is 6.04 Å². The van der Waals surface area contributed by atoms with Crippen molar-refractivity contribution in [2.24, 2.45) is 0 Å². The second kappa shape index (κ2) is 4.42. The zero-order valence-corrected chi connectivity index (χ0v) is 8.80. The van der Waals surface area contributed by atoms with Gasteiger partial charge in [-0.15, -0.1) is 6.58 Å². The summed E-state index contributed by atoms with van der Waals surface area (Å²) in [5.74, 6) is 0. The minimum Gasteiger partial charge on any atom is -0.103 e. The molecule has 1 aliphatic heterocycles. The fourth-order valence-electron chi connectivity index (χ4n) is 1.66. The van der Waals surface area contributed by atoms with Crippen molar-refractivity contribution >= 4 is 17.8 Å². The summed E-state index contributed by atoms with van der Waals surface area (Å²) in [5.41, 5.74) is 0. The molecule has 11 heavy (non-hydrogen) atoms. The molecule has 0 aliphatic carbocycles. The third-order valence-electron chi connectivity index (χ3n) is 2.36. The molecule has 1 fully saturated rings. The van der Waals surface area contributed by atoms with Crippen molar-refractivity contribution in [3.8, 4) is 0 Å². The molecule has 1 heterocycles. The first kappa shape index (κ1) is 9.48. The van der Waals surface area contributed by atoms with Gasteiger partial charge in [-0.25, -0.2) is 0 Å². The first-order valence-corrected chi connectivity index (χ1v) is 7.81. The van der Waals surface area contributed by atoms with Crippen LogP contribution >= 0.6 is 6.04 Å². The predicted octanol–water partition coefficient (Wildman–Crippen LogP) is 3.23. The van der Waals surface area contributed by atoms with Crippen molar-refractivity contribution in [1.29, 1.82) is 0 Å². The molecule has 0 amide bonds. The van der Waals surface area contributed by atoms with Gasteiger partial charge in [0.2, 0.25) is 0 Å². The lowest BCUT2D eigenvalue weighted by atomic mass is 10.3. The van der Waals surface area contributed by atoms with Crippen LogP contribution in [-0.4, -0.2) is 18.5 Å². The number of unbranched alkanes of at least 4 members (excludes halogenated alkanes) is 1. The van der Waals surface area contributed by atoms with E-state index in [0.29, 0.717) is 0 Å². The fourth-order valence-corrected chi connectivity index (χ4v) is 5.85. The van der Waals surface area contributed by atoms with Crippen molar-refractivity contribution < 1.29 is 0 Å². The Kier molecular flexibility index (Phi) is 3.81. The monoisotopic (exact) mass is 188 g/mol. The Morgan fingerprint density at radius 3 is 2.55 bits per heavy atom. The highest BCUT2D eigenvalue weighted by Gasteiger charge is 2.20. The molecule has 0 bridgehead atoms. The van der Waals surface area contributed by atoms with E-state index in [2.05, 4.69) is 6.58 Å². The second-order valence-electron chi connectivity index (χ2n) is 3.37. The van der Waals surface area contributed by atoms with Gasteiger partial charge in [0.1, 0.15) is 0 Å². The van der Waals surface area contributed by atoms with Crippen LogP contribution in [0.5, 0.6) is 0 Å². The molecule has 0 nitrogen and oxygen atoms in total. The maximum atomic E-state index is 5.66. The van der Waals surface area contributed by atoms with Crippen molar-refractivity contribution in [2.75, 3.05) is 18.5 Å². The van der Waals surface area contributed by atoms with Gasteiger partial charge in [0.05, 0.1) is 0 Å². The van der Waals surface area contributed by atoms with Gasteiger partial charge in [0, 0.05) is 0 Å². The zero-order valence-electron chi connectivity index (χ0n) is 7.09. The highest BCUT2D eigenvalue weighted by atomic mass is 32.4. The summed E-state index contributed by atoms with van der Waals surface area (Å²) >= 11 is 5.66. The topological polar surface area (TPSA) is 0 Å². The SMILES string of the molecule is C=CCCCP1(=S)CCCC1. The molecule has 64 valence electrons. The summed E-state index contributed by atoms with van der Waals surface area (Å²) in [5, 5.41) is 0. The molecular formula is C9H17PS. The van der Waals surface area contributed by atoms with Crippen LogP contribution in [0, 0.1) is 0 Å². The average Bonchev–Trinajstić information content (AvgIpc) is 2.38. The molecule has 1 saturated heterocycles. The average molecular weight is 188 g/mol. The summed E-state index contributed by atoms with van der Waals surface area (Å²) in [7, 11) is 0. The molecule has 0 spiro atoms. The Hall–Kier alpha value is 0.390. The molecule has 0 saturated carbocycles. The predicted molar refractivity (Wildman–Crippen MR) is 57.6 cm³/mol. The smallest absolute Gasteiger partial charge is 0.0232 e. The van der Waals surface area contributed by atoms with Crippen LogP contribution in [0.1, 0.15) is 25.7 Å². The van der Waals surface area contributed by atoms with Gasteiger partial charge in [-0.3, -0.25) is 0 Å². The quantitative estimate of drug-likeness (QED) is 0.371. The molecule has 1 aliphatic rings. The lowest BCUT2D eigenvalue weighted by Gasteiger charge is -2.13. The molecule has 0 radical (unpaired) electrons. The first-order chi connectivity index (χ1) is 5.27. The Balaban J connectivity index is 2.23. The van der Waals surface area contributed by atoms with Crippen LogP contribution in [0.25, 0.3) is 0 Å². The maximum absolute atomic E-state index is 5.66. The summed E-state index contributed by atoms with van der Waals surface area (Å²) in [6, 6.07) is -0.814. The van der Waals surface area contributed by atoms with Crippen LogP contribution in [0.4, 0.5) is 0 Å². The van der Waals surface area contributed by atoms with Crippen LogP contribution in [0.15, 0.2) is 12.7 Å². The van der Waals surface area contributed by atoms with Crippen molar-refractivity contribution in [3.05, 3.63) is 12.7 Å². The van der Waals surface area contributed by atoms with Crippen molar-refractivity contribution in [1.82, 2.24) is 0 Å². The summed E-state index contributed by atoms with van der Waals surface area (Å²) in [6.45, 7) is 3.73. The van der Waals surface area contributed by atoms with E-state index >= 15 is 0 Å². The van der Waals surface area contributed by atoms with Gasteiger partial charge in [-0.05, 0) is 50.2 Å². The van der Waals surface area contributed by atoms with Crippen molar-refractivity contribution in [2.45, 2.75) is 25.7 Å². The van der Waals surface area contributed by atoms with E-state index in [9.17, 15) is 0 Å². The zero-order chi connectivity index (χ0) is 8.16. The van der Waals surface area contributed by atoms with E-state index in [1.54, 1.807) is 0 Å². The normalized spacial score (nSPS) is 21.8. The molecule has 0 aromatic carbocycles. The van der Waals surface area contributed by atoms with E-state index in [4.69, 9.17) is 11.8 Å². The van der Waals surface area contributed by atoms with E-state index in [1.165, 1.54) is 44.2 Å². The molecule has 1 rings (SSSR count). The van der Waals surface area contributed by atoms with Crippen LogP contribution < -0.4 is 0 Å². The van der Waals surface area contributed by atoms with Crippen LogP contribution in [-0.2, 0) is 11.8 Å². The Morgan fingerprint density at radius 2 is 2.00 bits per heavy atom. The Labute approximate surface area is 75.1 Å². The molecule has 0 atom stereocenters. The largest absolute Gasteiger partial charge is 0.103 e. The summed E-state index contributed by atoms with van der Waals surface area (Å²) in [4.78, 5) is 0. The minimum atomic E-state index is -0.814. The number of hydrogen-bond donors (Lipinski definition) is 0. The Bertz CT molecular complexity index is 164. The number of hydrogen-bond acceptors (Lipinski definition) is 1. The second-order valence-corrected chi connectivity index (χ2v) is 9.15. The van der Waals surface area contributed by atoms with E-state index in [0.717, 1.165) is 0 Å². The highest BCUT2D eigenvalue weighted by molar-refractivity contribution is 8.14. The maximum Gasteiger partial charge on any atom is -0.0232 e. The third kappa shape index (κ3) is 3.09. The van der Waals surface area contributed by atoms with Crippen LogP contribution in [0.3, 0.4) is 0 Å². The van der Waals surface area contributed by atoms with E-state index in [1.807, 2.05) is 6.08 Å². The molecule has 0 aromatic heterocycles. The highest BCUT2D eigenvalue weighted by Crippen LogP contribution is 2.52. The molecule has 0 unspecified atom stereocenters. The number of allylic oxidation sites excluding steroid dienone is 1. The number of rotatable bonds is 4. The summed E-state index contributed by atoms with van der Waals surface area (Å²) < 4.78 is 0. The van der Waals surface area contributed by atoms with Gasteiger partial charge >= 0.3 is 0 Å². The first-order valence-electron chi connectivity index (χ1n) is 4.45. The van der Waals surface area contributed by atoms with Gasteiger partial charge in [0.15, 0.2) is 0 Å². The van der Waals surface area contributed by atoms with Crippen molar-refractivity contribution in [3.63, 3.8) is 0 Å². The summed E-state index contributed by atoms with van der Waals surface area (Å²) in [6.07, 6.45) is 11.4. The molecular weight excluding hydrogens is 171 g/mol. The van der Waals surface area contributed by atoms with E-state index in [-0.39, 0.29) is 0 Å². The molecule has 0 aromatic rings. The van der Waals surface area contributed by atoms with Gasteiger partial charge in [-0.2, -0.15) is 0 Å². The van der Waals surface area contributed by atoms with Gasteiger partial charge in [0.25, 0.3) is 0 Å². The Morgan fingerprint density at radius 1 is 1.36 bits per heavy atom. The third-order valence-corrected chi connectivity index (χ3v) is 7.39.